The number of para-hydroxylation sites is 1. The summed E-state index contributed by atoms with van der Waals surface area (Å²) >= 11 is 0. The molecule has 1 aromatic carbocycles. The van der Waals surface area contributed by atoms with E-state index >= 15 is 0 Å². The zero-order chi connectivity index (χ0) is 16.6. The van der Waals surface area contributed by atoms with Gasteiger partial charge >= 0.3 is 5.97 Å². The quantitative estimate of drug-likeness (QED) is 0.859. The first-order chi connectivity index (χ1) is 11.0. The number of ether oxygens (including phenoxy) is 1. The average molecular weight is 335 g/mol. The first-order valence-electron chi connectivity index (χ1n) is 7.29. The normalized spacial score (nSPS) is 17.1. The summed E-state index contributed by atoms with van der Waals surface area (Å²) in [6, 6.07) is 7.09. The minimum atomic E-state index is -3.94. The Morgan fingerprint density at radius 2 is 2.17 bits per heavy atom. The molecule has 0 fully saturated rings. The Labute approximate surface area is 134 Å². The topological polar surface area (TPSA) is 92.4 Å². The van der Waals surface area contributed by atoms with Gasteiger partial charge in [0, 0.05) is 6.04 Å². The van der Waals surface area contributed by atoms with E-state index in [1.165, 1.54) is 10.5 Å². The van der Waals surface area contributed by atoms with Gasteiger partial charge in [0.25, 0.3) is 10.0 Å². The molecule has 122 valence electrons. The van der Waals surface area contributed by atoms with Gasteiger partial charge < -0.3 is 4.74 Å². The molecule has 0 aliphatic carbocycles. The molecule has 1 atom stereocenters. The fourth-order valence-corrected chi connectivity index (χ4v) is 4.59. The van der Waals surface area contributed by atoms with Crippen molar-refractivity contribution in [3.05, 3.63) is 41.6 Å². The molecule has 8 heteroatoms. The van der Waals surface area contributed by atoms with Crippen molar-refractivity contribution in [1.29, 1.82) is 0 Å². The van der Waals surface area contributed by atoms with Crippen LogP contribution in [0.15, 0.2) is 35.5 Å². The van der Waals surface area contributed by atoms with Crippen LogP contribution in [0.3, 0.4) is 0 Å². The predicted octanol–water partition coefficient (Wildman–Crippen LogP) is 1.73. The summed E-state index contributed by atoms with van der Waals surface area (Å²) in [4.78, 5) is 12.0. The van der Waals surface area contributed by atoms with Crippen LogP contribution in [0, 0.1) is 0 Å². The van der Waals surface area contributed by atoms with Crippen molar-refractivity contribution in [2.24, 2.45) is 0 Å². The van der Waals surface area contributed by atoms with E-state index in [9.17, 15) is 13.2 Å². The van der Waals surface area contributed by atoms with Gasteiger partial charge in [-0.1, -0.05) is 18.2 Å². The lowest BCUT2D eigenvalue weighted by Gasteiger charge is -2.23. The number of benzene rings is 1. The Bertz CT molecular complexity index is 844. The summed E-state index contributed by atoms with van der Waals surface area (Å²) in [5, 5.41) is 5.91. The van der Waals surface area contributed by atoms with Crippen LogP contribution in [0.25, 0.3) is 0 Å². The van der Waals surface area contributed by atoms with E-state index in [2.05, 4.69) is 10.2 Å². The number of nitrogens with zero attached hydrogens (tertiary/aromatic N) is 2. The SMILES string of the molecule is CCOC(=O)c1cn[nH]c1S(=O)(=O)N1c2ccccc2C[C@@H]1C. The molecule has 7 nitrogen and oxygen atoms in total. The molecule has 0 unspecified atom stereocenters. The molecule has 2 heterocycles. The number of nitrogens with one attached hydrogen (secondary N) is 1. The van der Waals surface area contributed by atoms with E-state index in [0.717, 1.165) is 5.56 Å². The number of rotatable bonds is 4. The maximum atomic E-state index is 13.0. The number of aromatic amines is 1. The van der Waals surface area contributed by atoms with Crippen molar-refractivity contribution in [3.63, 3.8) is 0 Å². The van der Waals surface area contributed by atoms with Crippen molar-refractivity contribution in [2.75, 3.05) is 10.9 Å². The summed E-state index contributed by atoms with van der Waals surface area (Å²) in [7, 11) is -3.94. The fraction of sp³-hybridized carbons (Fsp3) is 0.333. The van der Waals surface area contributed by atoms with Gasteiger partial charge in [-0.15, -0.1) is 0 Å². The van der Waals surface area contributed by atoms with Gasteiger partial charge in [-0.3, -0.25) is 9.40 Å². The zero-order valence-electron chi connectivity index (χ0n) is 12.8. The van der Waals surface area contributed by atoms with E-state index < -0.39 is 16.0 Å². The number of hydrogen-bond acceptors (Lipinski definition) is 5. The standard InChI is InChI=1S/C15H17N3O4S/c1-3-22-15(19)12-9-16-17-14(12)23(20,21)18-10(2)8-11-6-4-5-7-13(11)18/h4-7,9-10H,3,8H2,1-2H3,(H,16,17)/t10-/m0/s1. The van der Waals surface area contributed by atoms with Crippen molar-refractivity contribution < 1.29 is 17.9 Å². The molecule has 0 bridgehead atoms. The van der Waals surface area contributed by atoms with Crippen LogP contribution in [0.2, 0.25) is 0 Å². The first-order valence-corrected chi connectivity index (χ1v) is 8.73. The lowest BCUT2D eigenvalue weighted by atomic mass is 10.1. The first kappa shape index (κ1) is 15.5. The van der Waals surface area contributed by atoms with Gasteiger partial charge in [0.15, 0.2) is 5.03 Å². The number of carbonyl (C=O) groups excluding carboxylic acids is 1. The molecule has 0 saturated heterocycles. The summed E-state index contributed by atoms with van der Waals surface area (Å²) in [6.07, 6.45) is 1.80. The Kier molecular flexibility index (Phi) is 3.85. The predicted molar refractivity (Wildman–Crippen MR) is 83.8 cm³/mol. The number of H-pyrrole nitrogens is 1. The maximum absolute atomic E-state index is 13.0. The second-order valence-electron chi connectivity index (χ2n) is 5.32. The van der Waals surface area contributed by atoms with Gasteiger partial charge in [-0.2, -0.15) is 13.5 Å². The van der Waals surface area contributed by atoms with Gasteiger partial charge in [-0.05, 0) is 31.9 Å². The van der Waals surface area contributed by atoms with Crippen molar-refractivity contribution in [3.8, 4) is 0 Å². The third-order valence-electron chi connectivity index (χ3n) is 3.76. The van der Waals surface area contributed by atoms with E-state index in [1.54, 1.807) is 19.1 Å². The summed E-state index contributed by atoms with van der Waals surface area (Å²) in [5.41, 5.74) is 1.51. The minimum Gasteiger partial charge on any atom is -0.462 e. The van der Waals surface area contributed by atoms with Gasteiger partial charge in [-0.25, -0.2) is 4.79 Å². The summed E-state index contributed by atoms with van der Waals surface area (Å²) in [6.45, 7) is 3.65. The molecule has 1 aliphatic heterocycles. The van der Waals surface area contributed by atoms with Crippen LogP contribution < -0.4 is 4.31 Å². The molecule has 0 spiro atoms. The maximum Gasteiger partial charge on any atom is 0.342 e. The number of fused-ring (bicyclic) bond motifs is 1. The van der Waals surface area contributed by atoms with E-state index in [1.807, 2.05) is 19.1 Å². The number of esters is 1. The fourth-order valence-electron chi connectivity index (χ4n) is 2.83. The molecule has 1 aromatic heterocycles. The lowest BCUT2D eigenvalue weighted by Crippen LogP contribution is -2.36. The second-order valence-corrected chi connectivity index (χ2v) is 7.07. The van der Waals surface area contributed by atoms with Crippen LogP contribution in [0.5, 0.6) is 0 Å². The van der Waals surface area contributed by atoms with Crippen LogP contribution in [0.4, 0.5) is 5.69 Å². The number of sulfonamides is 1. The van der Waals surface area contributed by atoms with Gasteiger partial charge in [0.05, 0.1) is 18.5 Å². The lowest BCUT2D eigenvalue weighted by molar-refractivity contribution is 0.0522. The van der Waals surface area contributed by atoms with Crippen molar-refractivity contribution >= 4 is 21.7 Å². The summed E-state index contributed by atoms with van der Waals surface area (Å²) in [5.74, 6) is -0.708. The van der Waals surface area contributed by atoms with Crippen molar-refractivity contribution in [2.45, 2.75) is 31.3 Å². The molecular weight excluding hydrogens is 318 g/mol. The number of carbonyl (C=O) groups is 1. The third-order valence-corrected chi connectivity index (χ3v) is 5.66. The molecule has 0 saturated carbocycles. The van der Waals surface area contributed by atoms with Gasteiger partial charge in [0.2, 0.25) is 0 Å². The highest BCUT2D eigenvalue weighted by Gasteiger charge is 2.39. The highest BCUT2D eigenvalue weighted by molar-refractivity contribution is 7.92. The minimum absolute atomic E-state index is 0.0802. The van der Waals surface area contributed by atoms with Crippen LogP contribution in [-0.2, 0) is 21.2 Å². The molecular formula is C15H17N3O4S. The molecule has 1 N–H and O–H groups in total. The molecule has 1 aliphatic rings. The van der Waals surface area contributed by atoms with Gasteiger partial charge in [0.1, 0.15) is 5.56 Å². The average Bonchev–Trinajstić information content (AvgIpc) is 3.11. The van der Waals surface area contributed by atoms with Crippen LogP contribution >= 0.6 is 0 Å². The molecule has 0 amide bonds. The molecule has 3 rings (SSSR count). The molecule has 2 aromatic rings. The summed E-state index contributed by atoms with van der Waals surface area (Å²) < 4.78 is 32.3. The van der Waals surface area contributed by atoms with Crippen LogP contribution in [-0.4, -0.2) is 37.2 Å². The Balaban J connectivity index is 2.07. The van der Waals surface area contributed by atoms with Crippen LogP contribution in [0.1, 0.15) is 29.8 Å². The van der Waals surface area contributed by atoms with E-state index in [4.69, 9.17) is 4.74 Å². The number of anilines is 1. The smallest absolute Gasteiger partial charge is 0.342 e. The number of aromatic nitrogens is 2. The Morgan fingerprint density at radius 3 is 2.91 bits per heavy atom. The molecule has 0 radical (unpaired) electrons. The Morgan fingerprint density at radius 1 is 1.43 bits per heavy atom. The highest BCUT2D eigenvalue weighted by Crippen LogP contribution is 2.36. The molecule has 23 heavy (non-hydrogen) atoms. The number of hydrogen-bond donors (Lipinski definition) is 1. The van der Waals surface area contributed by atoms with Crippen molar-refractivity contribution in [1.82, 2.24) is 10.2 Å². The third kappa shape index (κ3) is 2.48. The zero-order valence-corrected chi connectivity index (χ0v) is 13.6. The Hall–Kier alpha value is -2.35. The second kappa shape index (κ2) is 5.69. The highest BCUT2D eigenvalue weighted by atomic mass is 32.2. The largest absolute Gasteiger partial charge is 0.462 e. The van der Waals surface area contributed by atoms with E-state index in [0.29, 0.717) is 12.1 Å². The monoisotopic (exact) mass is 335 g/mol. The van der Waals surface area contributed by atoms with E-state index in [-0.39, 0.29) is 23.2 Å².